The lowest BCUT2D eigenvalue weighted by Crippen LogP contribution is -2.38. The molecule has 0 unspecified atom stereocenters. The second kappa shape index (κ2) is 10.9. The number of nitrogens with one attached hydrogen (secondary N) is 1. The number of morpholine rings is 1. The number of anilines is 2. The SMILES string of the molecule is O=C(OCCN1CCOCC1)c1ccc2nccc(Nc3cnnc(-c4cc(Cl)ccc4F)c3)c2c1. The van der Waals surface area contributed by atoms with Crippen LogP contribution in [0.4, 0.5) is 15.8 Å². The first-order valence-electron chi connectivity index (χ1n) is 11.5. The van der Waals surface area contributed by atoms with E-state index in [2.05, 4.69) is 25.4 Å². The number of carbonyl (C=O) groups is 1. The lowest BCUT2D eigenvalue weighted by molar-refractivity contribution is 0.0195. The minimum absolute atomic E-state index is 0.250. The van der Waals surface area contributed by atoms with Crippen molar-refractivity contribution >= 4 is 39.8 Å². The van der Waals surface area contributed by atoms with Gasteiger partial charge in [-0.2, -0.15) is 10.2 Å². The molecule has 0 atom stereocenters. The number of ether oxygens (including phenoxy) is 2. The van der Waals surface area contributed by atoms with Crippen molar-refractivity contribution in [3.63, 3.8) is 0 Å². The van der Waals surface area contributed by atoms with Gasteiger partial charge in [-0.25, -0.2) is 9.18 Å². The van der Waals surface area contributed by atoms with E-state index in [4.69, 9.17) is 21.1 Å². The van der Waals surface area contributed by atoms with Gasteiger partial charge in [0.1, 0.15) is 12.4 Å². The fourth-order valence-corrected chi connectivity index (χ4v) is 4.15. The summed E-state index contributed by atoms with van der Waals surface area (Å²) in [6.45, 7) is 4.05. The number of esters is 1. The summed E-state index contributed by atoms with van der Waals surface area (Å²) in [5.74, 6) is -0.846. The van der Waals surface area contributed by atoms with Crippen LogP contribution in [0.2, 0.25) is 5.02 Å². The number of hydrogen-bond acceptors (Lipinski definition) is 8. The molecule has 36 heavy (non-hydrogen) atoms. The normalized spacial score (nSPS) is 14.1. The molecule has 1 N–H and O–H groups in total. The van der Waals surface area contributed by atoms with Crippen molar-refractivity contribution in [2.45, 2.75) is 0 Å². The molecule has 4 aromatic rings. The molecular formula is C26H23ClFN5O3. The Morgan fingerprint density at radius 1 is 1.14 bits per heavy atom. The number of aromatic nitrogens is 3. The Kier molecular flexibility index (Phi) is 7.31. The summed E-state index contributed by atoms with van der Waals surface area (Å²) in [5.41, 5.74) is 3.00. The lowest BCUT2D eigenvalue weighted by Gasteiger charge is -2.26. The third kappa shape index (κ3) is 5.59. The average molecular weight is 508 g/mol. The van der Waals surface area contributed by atoms with Crippen LogP contribution in [0.25, 0.3) is 22.2 Å². The third-order valence-electron chi connectivity index (χ3n) is 5.86. The maximum atomic E-state index is 14.3. The molecule has 1 aliphatic rings. The van der Waals surface area contributed by atoms with Crippen molar-refractivity contribution in [1.29, 1.82) is 0 Å². The highest BCUT2D eigenvalue weighted by Crippen LogP contribution is 2.29. The Labute approximate surface area is 212 Å². The summed E-state index contributed by atoms with van der Waals surface area (Å²) in [4.78, 5) is 19.3. The largest absolute Gasteiger partial charge is 0.461 e. The minimum atomic E-state index is -0.447. The van der Waals surface area contributed by atoms with E-state index < -0.39 is 11.8 Å². The molecule has 184 valence electrons. The van der Waals surface area contributed by atoms with Crippen LogP contribution in [0.15, 0.2) is 60.9 Å². The fourth-order valence-electron chi connectivity index (χ4n) is 3.97. The second-order valence-corrected chi connectivity index (χ2v) is 8.70. The van der Waals surface area contributed by atoms with Gasteiger partial charge in [0.2, 0.25) is 0 Å². The summed E-state index contributed by atoms with van der Waals surface area (Å²) in [5, 5.41) is 12.4. The van der Waals surface area contributed by atoms with Crippen LogP contribution < -0.4 is 5.32 Å². The fraction of sp³-hybridized carbons (Fsp3) is 0.231. The summed E-state index contributed by atoms with van der Waals surface area (Å²) in [6.07, 6.45) is 3.19. The van der Waals surface area contributed by atoms with Gasteiger partial charge in [0.25, 0.3) is 0 Å². The molecule has 8 nitrogen and oxygen atoms in total. The van der Waals surface area contributed by atoms with Crippen molar-refractivity contribution in [2.75, 3.05) is 44.8 Å². The lowest BCUT2D eigenvalue weighted by atomic mass is 10.1. The molecule has 1 fully saturated rings. The van der Waals surface area contributed by atoms with Gasteiger partial charge in [0.05, 0.1) is 41.9 Å². The van der Waals surface area contributed by atoms with Crippen molar-refractivity contribution in [1.82, 2.24) is 20.1 Å². The van der Waals surface area contributed by atoms with Gasteiger partial charge in [-0.1, -0.05) is 11.6 Å². The molecule has 10 heteroatoms. The highest BCUT2D eigenvalue weighted by Gasteiger charge is 2.14. The van der Waals surface area contributed by atoms with Gasteiger partial charge in [0, 0.05) is 47.5 Å². The predicted octanol–water partition coefficient (Wildman–Crippen LogP) is 4.72. The van der Waals surface area contributed by atoms with E-state index in [1.54, 1.807) is 36.5 Å². The minimum Gasteiger partial charge on any atom is -0.461 e. The van der Waals surface area contributed by atoms with E-state index in [-0.39, 0.29) is 5.56 Å². The highest BCUT2D eigenvalue weighted by molar-refractivity contribution is 6.30. The molecule has 0 aliphatic carbocycles. The quantitative estimate of drug-likeness (QED) is 0.359. The smallest absolute Gasteiger partial charge is 0.338 e. The average Bonchev–Trinajstić information content (AvgIpc) is 2.91. The van der Waals surface area contributed by atoms with E-state index in [0.29, 0.717) is 59.5 Å². The van der Waals surface area contributed by atoms with Crippen LogP contribution in [-0.2, 0) is 9.47 Å². The van der Waals surface area contributed by atoms with E-state index in [0.717, 1.165) is 18.5 Å². The van der Waals surface area contributed by atoms with Gasteiger partial charge >= 0.3 is 5.97 Å². The first kappa shape index (κ1) is 24.1. The molecule has 2 aromatic heterocycles. The van der Waals surface area contributed by atoms with Crippen LogP contribution in [-0.4, -0.2) is 65.5 Å². The second-order valence-electron chi connectivity index (χ2n) is 8.26. The van der Waals surface area contributed by atoms with Crippen molar-refractivity contribution in [2.24, 2.45) is 0 Å². The zero-order valence-corrected chi connectivity index (χ0v) is 20.0. The summed E-state index contributed by atoms with van der Waals surface area (Å²) >= 11 is 6.03. The van der Waals surface area contributed by atoms with Crippen LogP contribution in [0.1, 0.15) is 10.4 Å². The molecular weight excluding hydrogens is 485 g/mol. The number of benzene rings is 2. The summed E-state index contributed by atoms with van der Waals surface area (Å²) in [6, 6.07) is 13.0. The molecule has 0 saturated carbocycles. The number of hydrogen-bond donors (Lipinski definition) is 1. The van der Waals surface area contributed by atoms with Gasteiger partial charge < -0.3 is 14.8 Å². The number of rotatable bonds is 7. The standard InChI is InChI=1S/C26H23ClFN5O3/c27-18-2-3-22(28)20(14-18)25-15-19(16-30-32-25)31-24-5-6-29-23-4-1-17(13-21(23)24)26(34)36-12-9-33-7-10-35-11-8-33/h1-6,13-16H,7-12H2,(H,29,31,32). The molecule has 5 rings (SSSR count). The van der Waals surface area contributed by atoms with Crippen LogP contribution in [0, 0.1) is 5.82 Å². The van der Waals surface area contributed by atoms with E-state index in [1.807, 2.05) is 0 Å². The molecule has 0 amide bonds. The first-order valence-corrected chi connectivity index (χ1v) is 11.9. The van der Waals surface area contributed by atoms with Gasteiger partial charge in [-0.05, 0) is 48.5 Å². The molecule has 3 heterocycles. The van der Waals surface area contributed by atoms with Crippen molar-refractivity contribution in [3.8, 4) is 11.3 Å². The number of nitrogens with zero attached hydrogens (tertiary/aromatic N) is 4. The number of halogens is 2. The summed E-state index contributed by atoms with van der Waals surface area (Å²) in [7, 11) is 0. The Bertz CT molecular complexity index is 1400. The van der Waals surface area contributed by atoms with E-state index in [1.165, 1.54) is 24.4 Å². The van der Waals surface area contributed by atoms with Crippen LogP contribution in [0.5, 0.6) is 0 Å². The zero-order valence-electron chi connectivity index (χ0n) is 19.3. The third-order valence-corrected chi connectivity index (χ3v) is 6.09. The Hall–Kier alpha value is -3.66. The van der Waals surface area contributed by atoms with Gasteiger partial charge in [0.15, 0.2) is 0 Å². The Balaban J connectivity index is 1.34. The maximum absolute atomic E-state index is 14.3. The monoisotopic (exact) mass is 507 g/mol. The molecule has 1 aliphatic heterocycles. The Morgan fingerprint density at radius 2 is 2.00 bits per heavy atom. The van der Waals surface area contributed by atoms with Gasteiger partial charge in [-0.15, -0.1) is 0 Å². The molecule has 0 spiro atoms. The molecule has 1 saturated heterocycles. The van der Waals surface area contributed by atoms with Crippen molar-refractivity contribution < 1.29 is 18.7 Å². The number of pyridine rings is 1. The topological polar surface area (TPSA) is 89.5 Å². The Morgan fingerprint density at radius 3 is 2.86 bits per heavy atom. The first-order chi connectivity index (χ1) is 17.6. The zero-order chi connectivity index (χ0) is 24.9. The highest BCUT2D eigenvalue weighted by atomic mass is 35.5. The van der Waals surface area contributed by atoms with Crippen LogP contribution >= 0.6 is 11.6 Å². The van der Waals surface area contributed by atoms with Crippen LogP contribution in [0.3, 0.4) is 0 Å². The van der Waals surface area contributed by atoms with Gasteiger partial charge in [-0.3, -0.25) is 9.88 Å². The maximum Gasteiger partial charge on any atom is 0.338 e. The summed E-state index contributed by atoms with van der Waals surface area (Å²) < 4.78 is 25.2. The molecule has 2 aromatic carbocycles. The molecule has 0 bridgehead atoms. The van der Waals surface area contributed by atoms with E-state index >= 15 is 0 Å². The van der Waals surface area contributed by atoms with Crippen molar-refractivity contribution in [3.05, 3.63) is 77.3 Å². The number of fused-ring (bicyclic) bond motifs is 1. The predicted molar refractivity (Wildman–Crippen MR) is 135 cm³/mol. The number of carbonyl (C=O) groups excluding carboxylic acids is 1. The van der Waals surface area contributed by atoms with E-state index in [9.17, 15) is 9.18 Å². The molecule has 0 radical (unpaired) electrons.